The molecule has 2 atom stereocenters. The molecule has 2 unspecified atom stereocenters. The lowest BCUT2D eigenvalue weighted by Crippen LogP contribution is -2.35. The fraction of sp³-hybridized carbons (Fsp3) is 0.333. The van der Waals surface area contributed by atoms with Gasteiger partial charge in [-0.1, -0.05) is 23.8 Å². The molecule has 1 saturated heterocycles. The summed E-state index contributed by atoms with van der Waals surface area (Å²) in [6.45, 7) is 4.70. The largest absolute Gasteiger partial charge is 0.300 e. The van der Waals surface area contributed by atoms with Crippen LogP contribution in [-0.2, 0) is 9.84 Å². The predicted molar refractivity (Wildman–Crippen MR) is 88.7 cm³/mol. The number of aryl methyl sites for hydroxylation is 2. The third-order valence-electron chi connectivity index (χ3n) is 4.47. The van der Waals surface area contributed by atoms with E-state index in [1.165, 1.54) is 24.3 Å². The molecule has 3 rings (SSSR count). The van der Waals surface area contributed by atoms with Crippen LogP contribution in [0.5, 0.6) is 0 Å². The average Bonchev–Trinajstić information content (AvgIpc) is 2.97. The van der Waals surface area contributed by atoms with E-state index in [0.29, 0.717) is 6.54 Å². The van der Waals surface area contributed by atoms with Crippen LogP contribution in [0, 0.1) is 19.7 Å². The number of hydrogen-bond donors (Lipinski definition) is 1. The van der Waals surface area contributed by atoms with Crippen LogP contribution in [0.4, 0.5) is 4.39 Å². The Bertz CT molecular complexity index is 815. The van der Waals surface area contributed by atoms with Crippen molar-refractivity contribution >= 4 is 9.84 Å². The van der Waals surface area contributed by atoms with Gasteiger partial charge in [0, 0.05) is 5.92 Å². The molecule has 1 heterocycles. The van der Waals surface area contributed by atoms with Crippen LogP contribution in [0.25, 0.3) is 0 Å². The Morgan fingerprint density at radius 2 is 1.78 bits per heavy atom. The number of sulfone groups is 1. The van der Waals surface area contributed by atoms with Crippen molar-refractivity contribution < 1.29 is 12.8 Å². The van der Waals surface area contributed by atoms with Crippen molar-refractivity contribution in [1.82, 2.24) is 5.32 Å². The summed E-state index contributed by atoms with van der Waals surface area (Å²) in [6.07, 6.45) is 0.773. The van der Waals surface area contributed by atoms with E-state index >= 15 is 0 Å². The second-order valence-corrected chi connectivity index (χ2v) is 8.20. The maximum Gasteiger partial charge on any atom is 0.194 e. The van der Waals surface area contributed by atoms with Gasteiger partial charge in [-0.25, -0.2) is 12.8 Å². The number of hydrogen-bond acceptors (Lipinski definition) is 3. The van der Waals surface area contributed by atoms with Crippen molar-refractivity contribution in [1.29, 1.82) is 0 Å². The summed E-state index contributed by atoms with van der Waals surface area (Å²) in [6, 6.07) is 11.2. The van der Waals surface area contributed by atoms with Crippen molar-refractivity contribution in [3.63, 3.8) is 0 Å². The molecule has 5 heteroatoms. The highest BCUT2D eigenvalue weighted by atomic mass is 32.2. The molecule has 0 amide bonds. The monoisotopic (exact) mass is 333 g/mol. The van der Waals surface area contributed by atoms with Crippen molar-refractivity contribution in [2.24, 2.45) is 0 Å². The second-order valence-electron chi connectivity index (χ2n) is 6.13. The van der Waals surface area contributed by atoms with Crippen LogP contribution in [0.1, 0.15) is 29.0 Å². The first-order valence-electron chi connectivity index (χ1n) is 7.69. The van der Waals surface area contributed by atoms with E-state index in [0.717, 1.165) is 23.1 Å². The van der Waals surface area contributed by atoms with Gasteiger partial charge in [-0.2, -0.15) is 0 Å². The summed E-state index contributed by atoms with van der Waals surface area (Å²) in [7, 11) is -3.56. The smallest absolute Gasteiger partial charge is 0.194 e. The summed E-state index contributed by atoms with van der Waals surface area (Å²) in [5, 5.41) is 2.45. The summed E-state index contributed by atoms with van der Waals surface area (Å²) in [4.78, 5) is 0.160. The summed E-state index contributed by atoms with van der Waals surface area (Å²) >= 11 is 0. The average molecular weight is 333 g/mol. The molecular weight excluding hydrogens is 313 g/mol. The van der Waals surface area contributed by atoms with Gasteiger partial charge >= 0.3 is 0 Å². The highest BCUT2D eigenvalue weighted by Gasteiger charge is 2.39. The number of rotatable bonds is 3. The third kappa shape index (κ3) is 3.03. The zero-order chi connectivity index (χ0) is 16.6. The highest BCUT2D eigenvalue weighted by molar-refractivity contribution is 7.92. The van der Waals surface area contributed by atoms with E-state index in [2.05, 4.69) is 11.4 Å². The van der Waals surface area contributed by atoms with Gasteiger partial charge < -0.3 is 5.32 Å². The molecule has 2 aromatic rings. The Labute approximate surface area is 136 Å². The van der Waals surface area contributed by atoms with Crippen molar-refractivity contribution in [3.05, 3.63) is 65.0 Å². The molecule has 1 aliphatic rings. The lowest BCUT2D eigenvalue weighted by atomic mass is 9.93. The van der Waals surface area contributed by atoms with E-state index in [4.69, 9.17) is 0 Å². The van der Waals surface area contributed by atoms with E-state index in [1.54, 1.807) is 0 Å². The molecule has 0 saturated carbocycles. The van der Waals surface area contributed by atoms with E-state index in [-0.39, 0.29) is 10.8 Å². The van der Waals surface area contributed by atoms with E-state index in [1.807, 2.05) is 26.0 Å². The van der Waals surface area contributed by atoms with Crippen LogP contribution in [0.2, 0.25) is 0 Å². The molecule has 0 bridgehead atoms. The molecule has 1 fully saturated rings. The predicted octanol–water partition coefficient (Wildman–Crippen LogP) is 3.32. The maximum atomic E-state index is 13.1. The molecule has 122 valence electrons. The lowest BCUT2D eigenvalue weighted by Gasteiger charge is -2.22. The van der Waals surface area contributed by atoms with E-state index in [9.17, 15) is 12.8 Å². The van der Waals surface area contributed by atoms with Gasteiger partial charge in [-0.15, -0.1) is 0 Å². The van der Waals surface area contributed by atoms with Gasteiger partial charge in [-0.05, 0) is 62.2 Å². The molecule has 23 heavy (non-hydrogen) atoms. The first kappa shape index (κ1) is 16.1. The lowest BCUT2D eigenvalue weighted by molar-refractivity contribution is 0.558. The molecule has 0 aromatic heterocycles. The Hall–Kier alpha value is -1.72. The Morgan fingerprint density at radius 1 is 1.09 bits per heavy atom. The highest BCUT2D eigenvalue weighted by Crippen LogP contribution is 2.35. The van der Waals surface area contributed by atoms with Gasteiger partial charge in [0.1, 0.15) is 11.2 Å². The fourth-order valence-corrected chi connectivity index (χ4v) is 5.19. The van der Waals surface area contributed by atoms with Gasteiger partial charge in [0.25, 0.3) is 0 Å². The molecule has 3 nitrogen and oxygen atoms in total. The minimum absolute atomic E-state index is 0.0920. The Morgan fingerprint density at radius 3 is 2.43 bits per heavy atom. The summed E-state index contributed by atoms with van der Waals surface area (Å²) < 4.78 is 38.9. The minimum Gasteiger partial charge on any atom is -0.300 e. The molecule has 1 aliphatic heterocycles. The second kappa shape index (κ2) is 6.06. The summed E-state index contributed by atoms with van der Waals surface area (Å²) in [5.74, 6) is -0.528. The van der Waals surface area contributed by atoms with Crippen LogP contribution in [-0.4, -0.2) is 20.3 Å². The van der Waals surface area contributed by atoms with Gasteiger partial charge in [-0.3, -0.25) is 0 Å². The number of benzene rings is 2. The standard InChI is InChI=1S/C18H20FNO2S/c1-12-3-8-16(13(2)11-12)17-9-10-20-18(17)23(21,22)15-6-4-14(19)5-7-15/h3-8,11,17-18,20H,9-10H2,1-2H3. The SMILES string of the molecule is Cc1ccc(C2CCNC2S(=O)(=O)c2ccc(F)cc2)c(C)c1. The van der Waals surface area contributed by atoms with Gasteiger partial charge in [0.15, 0.2) is 9.84 Å². The number of halogens is 1. The molecule has 1 N–H and O–H groups in total. The topological polar surface area (TPSA) is 46.2 Å². The zero-order valence-corrected chi connectivity index (χ0v) is 14.0. The quantitative estimate of drug-likeness (QED) is 0.877. The normalized spacial score (nSPS) is 21.5. The van der Waals surface area contributed by atoms with Crippen molar-refractivity contribution in [2.75, 3.05) is 6.54 Å². The molecule has 0 aliphatic carbocycles. The minimum atomic E-state index is -3.56. The van der Waals surface area contributed by atoms with E-state index < -0.39 is 21.0 Å². The van der Waals surface area contributed by atoms with Crippen LogP contribution in [0.15, 0.2) is 47.4 Å². The molecular formula is C18H20FNO2S. The molecule has 0 spiro atoms. The third-order valence-corrected chi connectivity index (χ3v) is 6.56. The van der Waals surface area contributed by atoms with Crippen LogP contribution >= 0.6 is 0 Å². The fourth-order valence-electron chi connectivity index (χ4n) is 3.33. The Balaban J connectivity index is 1.99. The summed E-state index contributed by atoms with van der Waals surface area (Å²) in [5.41, 5.74) is 3.34. The molecule has 2 aromatic carbocycles. The van der Waals surface area contributed by atoms with Crippen molar-refractivity contribution in [3.8, 4) is 0 Å². The van der Waals surface area contributed by atoms with Crippen molar-refractivity contribution in [2.45, 2.75) is 36.5 Å². The first-order valence-corrected chi connectivity index (χ1v) is 9.24. The number of nitrogens with one attached hydrogen (secondary N) is 1. The Kier molecular flexibility index (Phi) is 4.25. The zero-order valence-electron chi connectivity index (χ0n) is 13.2. The van der Waals surface area contributed by atoms with Crippen LogP contribution in [0.3, 0.4) is 0 Å². The first-order chi connectivity index (χ1) is 10.9. The van der Waals surface area contributed by atoms with Gasteiger partial charge in [0.2, 0.25) is 0 Å². The molecule has 0 radical (unpaired) electrons. The van der Waals surface area contributed by atoms with Gasteiger partial charge in [0.05, 0.1) is 4.90 Å². The van der Waals surface area contributed by atoms with Crippen LogP contribution < -0.4 is 5.32 Å². The maximum absolute atomic E-state index is 13.1.